The van der Waals surface area contributed by atoms with Gasteiger partial charge in [0, 0.05) is 61.8 Å². The van der Waals surface area contributed by atoms with Crippen LogP contribution in [0.15, 0.2) is 42.0 Å². The van der Waals surface area contributed by atoms with Crippen molar-refractivity contribution >= 4 is 23.2 Å². The fraction of sp³-hybridized carbons (Fsp3) is 0.522. The molecular weight excluding hydrogens is 396 g/mol. The van der Waals surface area contributed by atoms with Crippen molar-refractivity contribution in [3.05, 3.63) is 52.5 Å². The van der Waals surface area contributed by atoms with Crippen molar-refractivity contribution in [2.45, 2.75) is 50.9 Å². The molecule has 0 aliphatic carbocycles. The molecular formula is C23H28N4O2S. The summed E-state index contributed by atoms with van der Waals surface area (Å²) >= 11 is 1.79. The summed E-state index contributed by atoms with van der Waals surface area (Å²) < 4.78 is 0. The molecule has 0 radical (unpaired) electrons. The van der Waals surface area contributed by atoms with Gasteiger partial charge in [-0.05, 0) is 54.3 Å². The fourth-order valence-electron chi connectivity index (χ4n) is 5.64. The zero-order valence-electron chi connectivity index (χ0n) is 17.1. The number of nitrogens with zero attached hydrogens (tertiary/aromatic N) is 3. The molecule has 0 unspecified atom stereocenters. The van der Waals surface area contributed by atoms with Crippen LogP contribution < -0.4 is 5.32 Å². The van der Waals surface area contributed by atoms with E-state index in [0.29, 0.717) is 18.9 Å². The van der Waals surface area contributed by atoms with Gasteiger partial charge in [-0.2, -0.15) is 0 Å². The van der Waals surface area contributed by atoms with Crippen LogP contribution in [0.1, 0.15) is 36.1 Å². The lowest BCUT2D eigenvalue weighted by Crippen LogP contribution is -2.68. The number of thiophene rings is 1. The van der Waals surface area contributed by atoms with Crippen LogP contribution in [0.3, 0.4) is 0 Å². The number of aromatic nitrogens is 1. The Labute approximate surface area is 181 Å². The Morgan fingerprint density at radius 3 is 2.83 bits per heavy atom. The Bertz CT molecular complexity index is 888. The highest BCUT2D eigenvalue weighted by molar-refractivity contribution is 7.09. The number of carbonyl (C=O) groups is 2. The first-order chi connectivity index (χ1) is 14.7. The summed E-state index contributed by atoms with van der Waals surface area (Å²) in [6, 6.07) is 7.95. The average Bonchev–Trinajstić information content (AvgIpc) is 3.27. The van der Waals surface area contributed by atoms with E-state index >= 15 is 0 Å². The number of likely N-dealkylation sites (tertiary alicyclic amines) is 1. The SMILES string of the molecule is O=C(NCc1ccncc1)[C@H]1[C@H]2C[C@H](CN(Cc3cccs3)C2)[C@@H]2CCCC(=O)N21. The molecule has 5 heterocycles. The van der Waals surface area contributed by atoms with E-state index < -0.39 is 0 Å². The second-order valence-electron chi connectivity index (χ2n) is 8.81. The van der Waals surface area contributed by atoms with E-state index in [-0.39, 0.29) is 29.8 Å². The minimum absolute atomic E-state index is 0.00603. The molecule has 2 amide bonds. The average molecular weight is 425 g/mol. The Hall–Kier alpha value is -2.25. The Morgan fingerprint density at radius 1 is 1.20 bits per heavy atom. The van der Waals surface area contributed by atoms with E-state index in [4.69, 9.17) is 0 Å². The zero-order valence-corrected chi connectivity index (χ0v) is 17.9. The van der Waals surface area contributed by atoms with Gasteiger partial charge in [-0.3, -0.25) is 19.5 Å². The first kappa shape index (κ1) is 19.7. The van der Waals surface area contributed by atoms with Gasteiger partial charge in [0.25, 0.3) is 0 Å². The molecule has 2 aromatic rings. The molecule has 2 bridgehead atoms. The third-order valence-electron chi connectivity index (χ3n) is 6.86. The van der Waals surface area contributed by atoms with E-state index in [9.17, 15) is 9.59 Å². The molecule has 2 aromatic heterocycles. The van der Waals surface area contributed by atoms with Crippen LogP contribution in [-0.4, -0.2) is 51.8 Å². The summed E-state index contributed by atoms with van der Waals surface area (Å²) in [4.78, 5) is 36.2. The van der Waals surface area contributed by atoms with Crippen molar-refractivity contribution in [1.82, 2.24) is 20.1 Å². The van der Waals surface area contributed by atoms with Crippen LogP contribution in [0.5, 0.6) is 0 Å². The van der Waals surface area contributed by atoms with Crippen LogP contribution in [0.4, 0.5) is 0 Å². The molecule has 4 atom stereocenters. The second kappa shape index (κ2) is 8.47. The monoisotopic (exact) mass is 424 g/mol. The molecule has 3 fully saturated rings. The predicted molar refractivity (Wildman–Crippen MR) is 116 cm³/mol. The summed E-state index contributed by atoms with van der Waals surface area (Å²) in [5.41, 5.74) is 1.02. The molecule has 1 N–H and O–H groups in total. The smallest absolute Gasteiger partial charge is 0.243 e. The molecule has 5 rings (SSSR count). The lowest BCUT2D eigenvalue weighted by atomic mass is 9.71. The second-order valence-corrected chi connectivity index (χ2v) is 9.84. The van der Waals surface area contributed by atoms with Crippen molar-refractivity contribution in [1.29, 1.82) is 0 Å². The highest BCUT2D eigenvalue weighted by atomic mass is 32.1. The van der Waals surface area contributed by atoms with Gasteiger partial charge in [0.05, 0.1) is 0 Å². The molecule has 3 saturated heterocycles. The van der Waals surface area contributed by atoms with E-state index in [1.165, 1.54) is 4.88 Å². The fourth-order valence-corrected chi connectivity index (χ4v) is 6.38. The van der Waals surface area contributed by atoms with Crippen LogP contribution in [0.2, 0.25) is 0 Å². The lowest BCUT2D eigenvalue weighted by Gasteiger charge is -2.55. The first-order valence-corrected chi connectivity index (χ1v) is 11.8. The van der Waals surface area contributed by atoms with Crippen molar-refractivity contribution in [3.8, 4) is 0 Å². The van der Waals surface area contributed by atoms with E-state index in [1.807, 2.05) is 17.0 Å². The molecule has 6 nitrogen and oxygen atoms in total. The van der Waals surface area contributed by atoms with Crippen LogP contribution in [-0.2, 0) is 22.7 Å². The number of hydrogen-bond donors (Lipinski definition) is 1. The quantitative estimate of drug-likeness (QED) is 0.802. The van der Waals surface area contributed by atoms with Gasteiger partial charge in [0.2, 0.25) is 11.8 Å². The van der Waals surface area contributed by atoms with Gasteiger partial charge >= 0.3 is 0 Å². The predicted octanol–water partition coefficient (Wildman–Crippen LogP) is 2.66. The van der Waals surface area contributed by atoms with E-state index in [1.54, 1.807) is 23.7 Å². The lowest BCUT2D eigenvalue weighted by molar-refractivity contribution is -0.160. The molecule has 3 aliphatic heterocycles. The standard InChI is InChI=1S/C23H28N4O2S/c28-21-5-1-4-20-17-11-18(14-26(13-17)15-19-3-2-10-30-19)22(27(20)21)23(29)25-12-16-6-8-24-9-7-16/h2-3,6-10,17-18,20,22H,1,4-5,11-15H2,(H,25,29)/t17-,18+,20+,22-/m1/s1. The Morgan fingerprint density at radius 2 is 2.03 bits per heavy atom. The molecule has 30 heavy (non-hydrogen) atoms. The molecule has 158 valence electrons. The van der Waals surface area contributed by atoms with Gasteiger partial charge in [-0.25, -0.2) is 0 Å². The largest absolute Gasteiger partial charge is 0.350 e. The highest BCUT2D eigenvalue weighted by Gasteiger charge is 2.51. The summed E-state index contributed by atoms with van der Waals surface area (Å²) in [6.45, 7) is 3.31. The number of carbonyl (C=O) groups excluding carboxylic acids is 2. The molecule has 0 saturated carbocycles. The summed E-state index contributed by atoms with van der Waals surface area (Å²) in [5.74, 6) is 0.821. The Kier molecular flexibility index (Phi) is 5.56. The van der Waals surface area contributed by atoms with Crippen LogP contribution >= 0.6 is 11.3 Å². The Balaban J connectivity index is 1.36. The topological polar surface area (TPSA) is 65.5 Å². The van der Waals surface area contributed by atoms with Gasteiger partial charge in [0.1, 0.15) is 6.04 Å². The molecule has 7 heteroatoms. The summed E-state index contributed by atoms with van der Waals surface area (Å²) in [6.07, 6.45) is 7.05. The third kappa shape index (κ3) is 3.88. The van der Waals surface area contributed by atoms with Gasteiger partial charge in [-0.15, -0.1) is 11.3 Å². The minimum atomic E-state index is -0.355. The molecule has 3 aliphatic rings. The van der Waals surface area contributed by atoms with Crippen molar-refractivity contribution in [3.63, 3.8) is 0 Å². The number of nitrogens with one attached hydrogen (secondary N) is 1. The normalized spacial score (nSPS) is 28.8. The van der Waals surface area contributed by atoms with Gasteiger partial charge in [-0.1, -0.05) is 6.07 Å². The van der Waals surface area contributed by atoms with Crippen molar-refractivity contribution in [2.75, 3.05) is 13.1 Å². The highest BCUT2D eigenvalue weighted by Crippen LogP contribution is 2.42. The van der Waals surface area contributed by atoms with E-state index in [0.717, 1.165) is 44.5 Å². The van der Waals surface area contributed by atoms with Crippen LogP contribution in [0, 0.1) is 11.8 Å². The number of rotatable bonds is 5. The maximum atomic E-state index is 13.4. The maximum Gasteiger partial charge on any atom is 0.243 e. The van der Waals surface area contributed by atoms with E-state index in [2.05, 4.69) is 32.7 Å². The van der Waals surface area contributed by atoms with Crippen molar-refractivity contribution in [2.24, 2.45) is 11.8 Å². The van der Waals surface area contributed by atoms with Crippen LogP contribution in [0.25, 0.3) is 0 Å². The number of hydrogen-bond acceptors (Lipinski definition) is 5. The minimum Gasteiger partial charge on any atom is -0.350 e. The number of fused-ring (bicyclic) bond motifs is 4. The van der Waals surface area contributed by atoms with Gasteiger partial charge < -0.3 is 10.2 Å². The maximum absolute atomic E-state index is 13.4. The number of amides is 2. The summed E-state index contributed by atoms with van der Waals surface area (Å²) in [5, 5.41) is 5.23. The zero-order chi connectivity index (χ0) is 20.5. The molecule has 0 aromatic carbocycles. The van der Waals surface area contributed by atoms with Crippen molar-refractivity contribution < 1.29 is 9.59 Å². The number of piperidine rings is 3. The molecule has 0 spiro atoms. The van der Waals surface area contributed by atoms with Gasteiger partial charge in [0.15, 0.2) is 0 Å². The number of pyridine rings is 1. The summed E-state index contributed by atoms with van der Waals surface area (Å²) in [7, 11) is 0. The first-order valence-electron chi connectivity index (χ1n) is 10.9. The third-order valence-corrected chi connectivity index (χ3v) is 7.72.